The summed E-state index contributed by atoms with van der Waals surface area (Å²) >= 11 is 6.36. The molecular formula is C30H35ClN6O2. The number of hydrogen-bond donors (Lipinski definition) is 2. The SMILES string of the molecule is CCN1CCC(C(=O)Nc2cc(Oc3ccc4c(c3)nc(Nc3ccc(Cl)c(C(C)C)c3)n4C)ccn2)CC1. The van der Waals surface area contributed by atoms with Gasteiger partial charge in [-0.25, -0.2) is 9.97 Å². The number of fused-ring (bicyclic) bond motifs is 1. The van der Waals surface area contributed by atoms with E-state index >= 15 is 0 Å². The van der Waals surface area contributed by atoms with Gasteiger partial charge >= 0.3 is 0 Å². The van der Waals surface area contributed by atoms with Crippen LogP contribution in [0.3, 0.4) is 0 Å². The maximum atomic E-state index is 12.8. The lowest BCUT2D eigenvalue weighted by molar-refractivity contribution is -0.121. The third-order valence-corrected chi connectivity index (χ3v) is 7.69. The second-order valence-corrected chi connectivity index (χ2v) is 10.7. The first-order chi connectivity index (χ1) is 18.8. The highest BCUT2D eigenvalue weighted by molar-refractivity contribution is 6.31. The number of benzene rings is 2. The molecule has 1 aliphatic rings. The summed E-state index contributed by atoms with van der Waals surface area (Å²) in [6.45, 7) is 9.34. The molecule has 9 heteroatoms. The van der Waals surface area contributed by atoms with Gasteiger partial charge in [-0.05, 0) is 80.4 Å². The molecule has 0 saturated carbocycles. The Morgan fingerprint density at radius 3 is 2.62 bits per heavy atom. The zero-order valence-corrected chi connectivity index (χ0v) is 23.6. The number of pyridine rings is 1. The average Bonchev–Trinajstić information content (AvgIpc) is 3.23. The van der Waals surface area contributed by atoms with Gasteiger partial charge in [0.1, 0.15) is 17.3 Å². The highest BCUT2D eigenvalue weighted by Crippen LogP contribution is 2.31. The number of nitrogens with one attached hydrogen (secondary N) is 2. The molecule has 3 heterocycles. The highest BCUT2D eigenvalue weighted by atomic mass is 35.5. The fourth-order valence-corrected chi connectivity index (χ4v) is 5.30. The zero-order valence-electron chi connectivity index (χ0n) is 22.9. The van der Waals surface area contributed by atoms with Crippen LogP contribution in [0.1, 0.15) is 45.1 Å². The van der Waals surface area contributed by atoms with Gasteiger partial charge in [-0.2, -0.15) is 0 Å². The van der Waals surface area contributed by atoms with Crippen LogP contribution in [0.2, 0.25) is 5.02 Å². The van der Waals surface area contributed by atoms with Crippen molar-refractivity contribution in [1.29, 1.82) is 0 Å². The molecule has 1 amide bonds. The van der Waals surface area contributed by atoms with E-state index in [-0.39, 0.29) is 11.8 Å². The second-order valence-electron chi connectivity index (χ2n) is 10.3. The van der Waals surface area contributed by atoms with E-state index in [0.29, 0.717) is 23.2 Å². The second kappa shape index (κ2) is 11.6. The number of aryl methyl sites for hydroxylation is 1. The lowest BCUT2D eigenvalue weighted by atomic mass is 9.96. The summed E-state index contributed by atoms with van der Waals surface area (Å²) in [5.74, 6) is 2.81. The molecule has 4 aromatic rings. The molecule has 204 valence electrons. The molecule has 1 saturated heterocycles. The van der Waals surface area contributed by atoms with Crippen molar-refractivity contribution >= 4 is 46.0 Å². The summed E-state index contributed by atoms with van der Waals surface area (Å²) in [7, 11) is 1.97. The van der Waals surface area contributed by atoms with Crippen molar-refractivity contribution in [3.05, 3.63) is 65.3 Å². The van der Waals surface area contributed by atoms with Gasteiger partial charge in [0, 0.05) is 42.0 Å². The number of halogens is 1. The molecule has 0 atom stereocenters. The molecule has 0 aliphatic carbocycles. The zero-order chi connectivity index (χ0) is 27.5. The summed E-state index contributed by atoms with van der Waals surface area (Å²) < 4.78 is 8.13. The van der Waals surface area contributed by atoms with Crippen molar-refractivity contribution in [3.63, 3.8) is 0 Å². The highest BCUT2D eigenvalue weighted by Gasteiger charge is 2.24. The van der Waals surface area contributed by atoms with Gasteiger partial charge in [-0.15, -0.1) is 0 Å². The Morgan fingerprint density at radius 1 is 1.10 bits per heavy atom. The first-order valence-corrected chi connectivity index (χ1v) is 13.9. The predicted molar refractivity (Wildman–Crippen MR) is 157 cm³/mol. The van der Waals surface area contributed by atoms with Gasteiger partial charge in [0.15, 0.2) is 0 Å². The van der Waals surface area contributed by atoms with Gasteiger partial charge < -0.3 is 24.8 Å². The van der Waals surface area contributed by atoms with Crippen molar-refractivity contribution in [1.82, 2.24) is 19.4 Å². The van der Waals surface area contributed by atoms with Gasteiger partial charge in [0.2, 0.25) is 11.9 Å². The molecule has 1 aliphatic heterocycles. The maximum Gasteiger partial charge on any atom is 0.228 e. The van der Waals surface area contributed by atoms with Crippen molar-refractivity contribution < 1.29 is 9.53 Å². The molecule has 8 nitrogen and oxygen atoms in total. The predicted octanol–water partition coefficient (Wildman–Crippen LogP) is 6.95. The molecule has 0 radical (unpaired) electrons. The molecule has 0 bridgehead atoms. The van der Waals surface area contributed by atoms with Gasteiger partial charge in [0.25, 0.3) is 0 Å². The summed E-state index contributed by atoms with van der Waals surface area (Å²) in [6.07, 6.45) is 3.38. The molecule has 0 spiro atoms. The Hall–Kier alpha value is -3.62. The van der Waals surface area contributed by atoms with Crippen molar-refractivity contribution in [2.75, 3.05) is 30.3 Å². The monoisotopic (exact) mass is 546 g/mol. The normalized spacial score (nSPS) is 14.6. The Labute approximate surface area is 234 Å². The van der Waals surface area contributed by atoms with Crippen LogP contribution in [0.4, 0.5) is 17.5 Å². The van der Waals surface area contributed by atoms with Crippen LogP contribution in [-0.2, 0) is 11.8 Å². The molecule has 2 aromatic carbocycles. The van der Waals surface area contributed by atoms with E-state index in [1.54, 1.807) is 18.3 Å². The fraction of sp³-hybridized carbons (Fsp3) is 0.367. The maximum absolute atomic E-state index is 12.8. The van der Waals surface area contributed by atoms with Crippen molar-refractivity contribution in [2.24, 2.45) is 13.0 Å². The number of amides is 1. The van der Waals surface area contributed by atoms with Gasteiger partial charge in [0.05, 0.1) is 11.0 Å². The van der Waals surface area contributed by atoms with Crippen molar-refractivity contribution in [3.8, 4) is 11.5 Å². The first-order valence-electron chi connectivity index (χ1n) is 13.5. The van der Waals surface area contributed by atoms with E-state index < -0.39 is 0 Å². The lowest BCUT2D eigenvalue weighted by Crippen LogP contribution is -2.38. The lowest BCUT2D eigenvalue weighted by Gasteiger charge is -2.30. The summed E-state index contributed by atoms with van der Waals surface area (Å²) in [4.78, 5) is 24.3. The molecule has 2 aromatic heterocycles. The Balaban J connectivity index is 1.28. The fourth-order valence-electron chi connectivity index (χ4n) is 4.97. The largest absolute Gasteiger partial charge is 0.457 e. The molecule has 5 rings (SSSR count). The minimum absolute atomic E-state index is 0.0124. The third kappa shape index (κ3) is 6.18. The number of likely N-dealkylation sites (tertiary alicyclic amines) is 1. The number of ether oxygens (including phenoxy) is 1. The number of nitrogens with zero attached hydrogens (tertiary/aromatic N) is 4. The Bertz CT molecular complexity index is 1480. The molecular weight excluding hydrogens is 512 g/mol. The number of carbonyl (C=O) groups excluding carboxylic acids is 1. The molecule has 2 N–H and O–H groups in total. The van der Waals surface area contributed by atoms with Crippen LogP contribution < -0.4 is 15.4 Å². The van der Waals surface area contributed by atoms with Crippen LogP contribution >= 0.6 is 11.6 Å². The smallest absolute Gasteiger partial charge is 0.228 e. The van der Waals surface area contributed by atoms with E-state index in [1.807, 2.05) is 41.9 Å². The van der Waals surface area contributed by atoms with Gasteiger partial charge in [-0.1, -0.05) is 32.4 Å². The van der Waals surface area contributed by atoms with E-state index in [4.69, 9.17) is 21.3 Å². The summed E-state index contributed by atoms with van der Waals surface area (Å²) in [5, 5.41) is 7.14. The van der Waals surface area contributed by atoms with Crippen LogP contribution in [0.15, 0.2) is 54.7 Å². The number of anilines is 3. The van der Waals surface area contributed by atoms with E-state index in [0.717, 1.165) is 65.7 Å². The number of imidazole rings is 1. The van der Waals surface area contributed by atoms with Crippen LogP contribution in [0.5, 0.6) is 11.5 Å². The third-order valence-electron chi connectivity index (χ3n) is 7.35. The number of carbonyl (C=O) groups is 1. The molecule has 0 unspecified atom stereocenters. The van der Waals surface area contributed by atoms with E-state index in [1.165, 1.54) is 0 Å². The van der Waals surface area contributed by atoms with Crippen LogP contribution in [-0.4, -0.2) is 45.0 Å². The Kier molecular flexibility index (Phi) is 8.04. The topological polar surface area (TPSA) is 84.3 Å². The standard InChI is InChI=1S/C30H35ClN6O2/c1-5-37-14-11-20(12-15-37)29(38)35-28-18-23(10-13-32-28)39-22-7-9-27-26(17-22)34-30(36(27)4)33-21-6-8-25(31)24(16-21)19(2)3/h6-10,13,16-20H,5,11-12,14-15H2,1-4H3,(H,33,34)(H,32,35,38). The minimum atomic E-state index is 0.0124. The molecule has 39 heavy (non-hydrogen) atoms. The molecule has 1 fully saturated rings. The summed E-state index contributed by atoms with van der Waals surface area (Å²) in [6, 6.07) is 15.3. The number of rotatable bonds is 8. The number of hydrogen-bond acceptors (Lipinski definition) is 6. The first kappa shape index (κ1) is 27.0. The van der Waals surface area contributed by atoms with Crippen LogP contribution in [0, 0.1) is 5.92 Å². The van der Waals surface area contributed by atoms with E-state index in [9.17, 15) is 4.79 Å². The van der Waals surface area contributed by atoms with Crippen molar-refractivity contribution in [2.45, 2.75) is 39.5 Å². The number of piperidine rings is 1. The minimum Gasteiger partial charge on any atom is -0.457 e. The summed E-state index contributed by atoms with van der Waals surface area (Å²) in [5.41, 5.74) is 3.79. The van der Waals surface area contributed by atoms with Gasteiger partial charge in [-0.3, -0.25) is 4.79 Å². The van der Waals surface area contributed by atoms with E-state index in [2.05, 4.69) is 47.4 Å². The number of aromatic nitrogens is 3. The Morgan fingerprint density at radius 2 is 1.87 bits per heavy atom. The quantitative estimate of drug-likeness (QED) is 0.249. The average molecular weight is 547 g/mol. The van der Waals surface area contributed by atoms with Crippen LogP contribution in [0.25, 0.3) is 11.0 Å².